The standard InChI is InChI=1S/C20H22N6O/c1-21-20(24-12-18-10-16-4-2-3-5-19(16)27-18)23-11-15-6-8-17(9-7-15)26-14-22-13-25-26/h2-9,13-14,18H,10-12H2,1H3,(H2,21,23,24). The van der Waals surface area contributed by atoms with E-state index in [1.807, 2.05) is 30.3 Å². The van der Waals surface area contributed by atoms with Crippen molar-refractivity contribution in [3.8, 4) is 11.4 Å². The summed E-state index contributed by atoms with van der Waals surface area (Å²) in [4.78, 5) is 8.25. The molecule has 2 aromatic carbocycles. The van der Waals surface area contributed by atoms with Gasteiger partial charge < -0.3 is 15.4 Å². The predicted molar refractivity (Wildman–Crippen MR) is 104 cm³/mol. The van der Waals surface area contributed by atoms with Crippen molar-refractivity contribution < 1.29 is 4.74 Å². The van der Waals surface area contributed by atoms with Gasteiger partial charge in [-0.05, 0) is 29.3 Å². The number of nitrogens with one attached hydrogen (secondary N) is 2. The Balaban J connectivity index is 1.26. The first-order valence-electron chi connectivity index (χ1n) is 8.95. The fourth-order valence-electron chi connectivity index (χ4n) is 3.09. The molecule has 2 N–H and O–H groups in total. The molecule has 1 aromatic heterocycles. The van der Waals surface area contributed by atoms with Gasteiger partial charge in [-0.1, -0.05) is 30.3 Å². The summed E-state index contributed by atoms with van der Waals surface area (Å²) >= 11 is 0. The Hall–Kier alpha value is -3.35. The highest BCUT2D eigenvalue weighted by atomic mass is 16.5. The molecular formula is C20H22N6O. The molecule has 7 nitrogen and oxygen atoms in total. The van der Waals surface area contributed by atoms with E-state index in [2.05, 4.69) is 43.9 Å². The molecule has 0 saturated heterocycles. The van der Waals surface area contributed by atoms with E-state index in [-0.39, 0.29) is 6.10 Å². The van der Waals surface area contributed by atoms with Crippen LogP contribution in [0.3, 0.4) is 0 Å². The molecule has 138 valence electrons. The average molecular weight is 362 g/mol. The van der Waals surface area contributed by atoms with E-state index in [9.17, 15) is 0 Å². The maximum Gasteiger partial charge on any atom is 0.191 e. The van der Waals surface area contributed by atoms with Gasteiger partial charge in [0.2, 0.25) is 0 Å². The van der Waals surface area contributed by atoms with Crippen LogP contribution in [-0.2, 0) is 13.0 Å². The van der Waals surface area contributed by atoms with Crippen molar-refractivity contribution in [2.24, 2.45) is 4.99 Å². The lowest BCUT2D eigenvalue weighted by Crippen LogP contribution is -2.41. The van der Waals surface area contributed by atoms with Crippen LogP contribution in [0.4, 0.5) is 0 Å². The molecule has 0 aliphatic carbocycles. The number of fused-ring (bicyclic) bond motifs is 1. The summed E-state index contributed by atoms with van der Waals surface area (Å²) in [5.41, 5.74) is 3.41. The van der Waals surface area contributed by atoms with Crippen molar-refractivity contribution in [3.05, 3.63) is 72.3 Å². The molecule has 0 radical (unpaired) electrons. The van der Waals surface area contributed by atoms with Crippen molar-refractivity contribution in [2.45, 2.75) is 19.1 Å². The zero-order valence-electron chi connectivity index (χ0n) is 15.2. The van der Waals surface area contributed by atoms with Crippen LogP contribution in [0, 0.1) is 0 Å². The first-order chi connectivity index (χ1) is 13.3. The third-order valence-corrected chi connectivity index (χ3v) is 4.51. The quantitative estimate of drug-likeness (QED) is 0.536. The third-order valence-electron chi connectivity index (χ3n) is 4.51. The molecule has 1 aliphatic heterocycles. The molecule has 0 amide bonds. The second-order valence-corrected chi connectivity index (χ2v) is 6.36. The van der Waals surface area contributed by atoms with Crippen LogP contribution >= 0.6 is 0 Å². The van der Waals surface area contributed by atoms with Gasteiger partial charge in [0.25, 0.3) is 0 Å². The van der Waals surface area contributed by atoms with Gasteiger partial charge >= 0.3 is 0 Å². The maximum atomic E-state index is 5.95. The van der Waals surface area contributed by atoms with Crippen molar-refractivity contribution in [3.63, 3.8) is 0 Å². The van der Waals surface area contributed by atoms with E-state index in [1.165, 1.54) is 11.9 Å². The van der Waals surface area contributed by atoms with E-state index < -0.39 is 0 Å². The van der Waals surface area contributed by atoms with Crippen LogP contribution < -0.4 is 15.4 Å². The predicted octanol–water partition coefficient (Wildman–Crippen LogP) is 1.94. The Morgan fingerprint density at radius 3 is 2.78 bits per heavy atom. The molecule has 0 spiro atoms. The van der Waals surface area contributed by atoms with Gasteiger partial charge in [-0.3, -0.25) is 4.99 Å². The summed E-state index contributed by atoms with van der Waals surface area (Å²) in [5, 5.41) is 10.8. The minimum absolute atomic E-state index is 0.128. The molecule has 1 atom stereocenters. The third kappa shape index (κ3) is 4.08. The molecular weight excluding hydrogens is 340 g/mol. The SMILES string of the molecule is CN=C(NCc1ccc(-n2cncn2)cc1)NCC1Cc2ccccc2O1. The lowest BCUT2D eigenvalue weighted by atomic mass is 10.1. The van der Waals surface area contributed by atoms with Gasteiger partial charge in [-0.25, -0.2) is 9.67 Å². The Morgan fingerprint density at radius 2 is 2.04 bits per heavy atom. The summed E-state index contributed by atoms with van der Waals surface area (Å²) in [6.45, 7) is 1.39. The lowest BCUT2D eigenvalue weighted by molar-refractivity contribution is 0.235. The molecule has 4 rings (SSSR count). The van der Waals surface area contributed by atoms with Crippen LogP contribution in [0.5, 0.6) is 5.75 Å². The van der Waals surface area contributed by atoms with Gasteiger partial charge in [0.1, 0.15) is 24.5 Å². The van der Waals surface area contributed by atoms with Gasteiger partial charge in [0, 0.05) is 20.0 Å². The van der Waals surface area contributed by atoms with Crippen molar-refractivity contribution in [1.82, 2.24) is 25.4 Å². The van der Waals surface area contributed by atoms with Crippen LogP contribution in [0.15, 0.2) is 66.2 Å². The Morgan fingerprint density at radius 1 is 1.19 bits per heavy atom. The minimum Gasteiger partial charge on any atom is -0.488 e. The molecule has 1 unspecified atom stereocenters. The van der Waals surface area contributed by atoms with E-state index in [4.69, 9.17) is 4.74 Å². The number of nitrogens with zero attached hydrogens (tertiary/aromatic N) is 4. The van der Waals surface area contributed by atoms with Crippen LogP contribution in [0.2, 0.25) is 0 Å². The van der Waals surface area contributed by atoms with E-state index in [0.717, 1.165) is 29.4 Å². The average Bonchev–Trinajstić information content (AvgIpc) is 3.38. The number of para-hydroxylation sites is 1. The molecule has 2 heterocycles. The maximum absolute atomic E-state index is 5.95. The molecule has 27 heavy (non-hydrogen) atoms. The number of hydrogen-bond acceptors (Lipinski definition) is 4. The van der Waals surface area contributed by atoms with Crippen molar-refractivity contribution in [1.29, 1.82) is 0 Å². The second kappa shape index (κ2) is 7.90. The number of rotatable bonds is 5. The van der Waals surface area contributed by atoms with Crippen LogP contribution in [-0.4, -0.2) is 40.4 Å². The zero-order valence-corrected chi connectivity index (χ0v) is 15.2. The smallest absolute Gasteiger partial charge is 0.191 e. The highest BCUT2D eigenvalue weighted by Crippen LogP contribution is 2.27. The largest absolute Gasteiger partial charge is 0.488 e. The van der Waals surface area contributed by atoms with Crippen molar-refractivity contribution in [2.75, 3.05) is 13.6 Å². The van der Waals surface area contributed by atoms with Gasteiger partial charge in [-0.2, -0.15) is 5.10 Å². The Bertz CT molecular complexity index is 879. The Kier molecular flexibility index (Phi) is 5.00. The highest BCUT2D eigenvalue weighted by Gasteiger charge is 2.22. The fourth-order valence-corrected chi connectivity index (χ4v) is 3.09. The summed E-state index contributed by atoms with van der Waals surface area (Å²) in [5.74, 6) is 1.75. The number of hydrogen-bond donors (Lipinski definition) is 2. The van der Waals surface area contributed by atoms with Crippen LogP contribution in [0.1, 0.15) is 11.1 Å². The summed E-state index contributed by atoms with van der Waals surface area (Å²) in [7, 11) is 1.77. The van der Waals surface area contributed by atoms with Crippen LogP contribution in [0.25, 0.3) is 5.69 Å². The first kappa shape index (κ1) is 17.1. The molecule has 7 heteroatoms. The molecule has 0 fully saturated rings. The van der Waals surface area contributed by atoms with Crippen molar-refractivity contribution >= 4 is 5.96 Å². The summed E-state index contributed by atoms with van der Waals surface area (Å²) < 4.78 is 7.69. The summed E-state index contributed by atoms with van der Waals surface area (Å²) in [6.07, 6.45) is 4.26. The number of guanidine groups is 1. The topological polar surface area (TPSA) is 76.4 Å². The summed E-state index contributed by atoms with van der Waals surface area (Å²) in [6, 6.07) is 16.4. The first-order valence-corrected chi connectivity index (χ1v) is 8.95. The van der Waals surface area contributed by atoms with Gasteiger partial charge in [-0.15, -0.1) is 0 Å². The zero-order chi connectivity index (χ0) is 18.5. The lowest BCUT2D eigenvalue weighted by Gasteiger charge is -2.15. The second-order valence-electron chi connectivity index (χ2n) is 6.36. The number of aliphatic imine (C=N–C) groups is 1. The molecule has 1 aliphatic rings. The molecule has 0 saturated carbocycles. The number of ether oxygens (including phenoxy) is 1. The Labute approximate surface area is 158 Å². The molecule has 0 bridgehead atoms. The van der Waals surface area contributed by atoms with E-state index in [0.29, 0.717) is 13.1 Å². The van der Waals surface area contributed by atoms with E-state index in [1.54, 1.807) is 18.1 Å². The highest BCUT2D eigenvalue weighted by molar-refractivity contribution is 5.79. The van der Waals surface area contributed by atoms with Gasteiger partial charge in [0.05, 0.1) is 12.2 Å². The number of aromatic nitrogens is 3. The normalized spacial score (nSPS) is 15.9. The van der Waals surface area contributed by atoms with E-state index >= 15 is 0 Å². The minimum atomic E-state index is 0.128. The molecule has 3 aromatic rings. The van der Waals surface area contributed by atoms with Gasteiger partial charge in [0.15, 0.2) is 5.96 Å². The fraction of sp³-hybridized carbons (Fsp3) is 0.250. The number of benzene rings is 2. The monoisotopic (exact) mass is 362 g/mol.